The molecule has 6 rings (SSSR count). The van der Waals surface area contributed by atoms with Gasteiger partial charge in [-0.2, -0.15) is 5.10 Å². The van der Waals surface area contributed by atoms with E-state index in [0.717, 1.165) is 23.7 Å². The summed E-state index contributed by atoms with van der Waals surface area (Å²) in [6.45, 7) is 0.325. The molecule has 1 aliphatic carbocycles. The molecule has 35 heavy (non-hydrogen) atoms. The third-order valence-corrected chi connectivity index (χ3v) is 7.77. The monoisotopic (exact) mass is 490 g/mol. The van der Waals surface area contributed by atoms with Crippen LogP contribution in [0.3, 0.4) is 0 Å². The van der Waals surface area contributed by atoms with Gasteiger partial charge in [0.25, 0.3) is 11.8 Å². The maximum Gasteiger partial charge on any atom is 0.274 e. The molecule has 0 radical (unpaired) electrons. The third kappa shape index (κ3) is 3.74. The predicted octanol–water partition coefficient (Wildman–Crippen LogP) is 3.45. The summed E-state index contributed by atoms with van der Waals surface area (Å²) in [5.74, 6) is -0.425. The summed E-state index contributed by atoms with van der Waals surface area (Å²) in [6.07, 6.45) is 1.76. The Labute approximate surface area is 204 Å². The lowest BCUT2D eigenvalue weighted by Gasteiger charge is -2.27. The van der Waals surface area contributed by atoms with E-state index < -0.39 is 0 Å². The Bertz CT molecular complexity index is 1480. The van der Waals surface area contributed by atoms with E-state index in [1.54, 1.807) is 23.9 Å². The average molecular weight is 491 g/mol. The number of benzene rings is 2. The second kappa shape index (κ2) is 8.16. The molecule has 3 atom stereocenters. The minimum Gasteiger partial charge on any atom is -0.375 e. The summed E-state index contributed by atoms with van der Waals surface area (Å²) < 4.78 is 15.4. The Morgan fingerprint density at radius 2 is 2.03 bits per heavy atom. The van der Waals surface area contributed by atoms with E-state index in [1.165, 1.54) is 23.5 Å². The van der Waals surface area contributed by atoms with Gasteiger partial charge in [-0.15, -0.1) is 0 Å². The van der Waals surface area contributed by atoms with Crippen molar-refractivity contribution in [2.75, 3.05) is 12.3 Å². The maximum atomic E-state index is 13.9. The van der Waals surface area contributed by atoms with Crippen molar-refractivity contribution in [2.45, 2.75) is 24.9 Å². The molecule has 1 saturated heterocycles. The van der Waals surface area contributed by atoms with Crippen molar-refractivity contribution in [3.63, 3.8) is 0 Å². The van der Waals surface area contributed by atoms with Gasteiger partial charge >= 0.3 is 0 Å². The van der Waals surface area contributed by atoms with Crippen molar-refractivity contribution in [1.82, 2.24) is 25.0 Å². The molecule has 8 nitrogen and oxygen atoms in total. The first kappa shape index (κ1) is 21.7. The van der Waals surface area contributed by atoms with Crippen LogP contribution in [0.15, 0.2) is 48.5 Å². The number of likely N-dealkylation sites (tertiary alicyclic amines) is 1. The smallest absolute Gasteiger partial charge is 0.274 e. The fourth-order valence-electron chi connectivity index (χ4n) is 5.20. The molecule has 2 aliphatic rings. The topological polar surface area (TPSA) is 106 Å². The number of carbonyl (C=O) groups is 2. The lowest BCUT2D eigenvalue weighted by molar-refractivity contribution is 0.0684. The number of aryl methyl sites for hydroxylation is 1. The number of fused-ring (bicyclic) bond motifs is 2. The van der Waals surface area contributed by atoms with Crippen LogP contribution in [0, 0.1) is 11.7 Å². The number of nitrogens with one attached hydrogen (secondary N) is 1. The van der Waals surface area contributed by atoms with E-state index in [0.29, 0.717) is 28.6 Å². The van der Waals surface area contributed by atoms with E-state index in [-0.39, 0.29) is 40.5 Å². The van der Waals surface area contributed by atoms with Gasteiger partial charge in [0.2, 0.25) is 0 Å². The molecule has 0 bridgehead atoms. The van der Waals surface area contributed by atoms with Crippen LogP contribution in [0.2, 0.25) is 0 Å². The second-order valence-electron chi connectivity index (χ2n) is 9.10. The van der Waals surface area contributed by atoms with Crippen molar-refractivity contribution in [1.29, 1.82) is 0 Å². The molecule has 3 heterocycles. The standard InChI is InChI=1S/C25H23FN6O2S/c1-31-21(17-7-2-3-8-18(17)30-31)23(33)28-12-16-10-14-11-19(14)32(16)24(34)20-22(35-25(27)29-20)13-5-4-6-15(26)9-13/h2-9,14,16,19H,10-12H2,1H3,(H2,27,29)(H,28,33)/t14?,16-,19?/m0/s1. The Balaban J connectivity index is 1.24. The van der Waals surface area contributed by atoms with Gasteiger partial charge < -0.3 is 16.0 Å². The normalized spacial score (nSPS) is 20.7. The lowest BCUT2D eigenvalue weighted by Crippen LogP contribution is -2.45. The summed E-state index contributed by atoms with van der Waals surface area (Å²) in [5, 5.41) is 8.46. The average Bonchev–Trinajstić information content (AvgIpc) is 3.16. The molecule has 2 aromatic carbocycles. The lowest BCUT2D eigenvalue weighted by atomic mass is 10.1. The van der Waals surface area contributed by atoms with Gasteiger partial charge in [0, 0.05) is 25.0 Å². The fourth-order valence-corrected chi connectivity index (χ4v) is 6.02. The number of halogens is 1. The highest BCUT2D eigenvalue weighted by atomic mass is 32.1. The van der Waals surface area contributed by atoms with Crippen LogP contribution in [0.5, 0.6) is 0 Å². The zero-order chi connectivity index (χ0) is 24.3. The van der Waals surface area contributed by atoms with Gasteiger partial charge in [-0.25, -0.2) is 9.37 Å². The predicted molar refractivity (Wildman–Crippen MR) is 131 cm³/mol. The molecule has 1 aliphatic heterocycles. The number of piperidine rings is 1. The maximum absolute atomic E-state index is 13.9. The molecule has 10 heteroatoms. The molecule has 0 spiro atoms. The quantitative estimate of drug-likeness (QED) is 0.446. The van der Waals surface area contributed by atoms with Crippen LogP contribution in [-0.2, 0) is 7.05 Å². The highest BCUT2D eigenvalue weighted by molar-refractivity contribution is 7.19. The van der Waals surface area contributed by atoms with E-state index in [9.17, 15) is 14.0 Å². The molecule has 2 aromatic heterocycles. The van der Waals surface area contributed by atoms with Crippen LogP contribution in [0.25, 0.3) is 21.3 Å². The van der Waals surface area contributed by atoms with E-state index >= 15 is 0 Å². The van der Waals surface area contributed by atoms with Crippen LogP contribution >= 0.6 is 11.3 Å². The van der Waals surface area contributed by atoms with Crippen molar-refractivity contribution in [2.24, 2.45) is 13.0 Å². The van der Waals surface area contributed by atoms with Gasteiger partial charge in [-0.3, -0.25) is 14.3 Å². The minimum atomic E-state index is -0.389. The number of thiazole rings is 1. The second-order valence-corrected chi connectivity index (χ2v) is 10.1. The van der Waals surface area contributed by atoms with E-state index in [4.69, 9.17) is 5.73 Å². The first-order chi connectivity index (χ1) is 16.9. The zero-order valence-corrected chi connectivity index (χ0v) is 19.8. The van der Waals surface area contributed by atoms with Crippen LogP contribution in [-0.4, -0.2) is 50.1 Å². The molecule has 4 aromatic rings. The number of hydrogen-bond acceptors (Lipinski definition) is 6. The first-order valence-electron chi connectivity index (χ1n) is 11.5. The van der Waals surface area contributed by atoms with Crippen molar-refractivity contribution in [3.05, 3.63) is 65.7 Å². The van der Waals surface area contributed by atoms with Gasteiger partial charge in [0.15, 0.2) is 5.13 Å². The Morgan fingerprint density at radius 3 is 2.86 bits per heavy atom. The zero-order valence-electron chi connectivity index (χ0n) is 18.9. The Morgan fingerprint density at radius 1 is 1.20 bits per heavy atom. The molecule has 1 saturated carbocycles. The van der Waals surface area contributed by atoms with Crippen molar-refractivity contribution in [3.8, 4) is 10.4 Å². The number of hydrogen-bond donors (Lipinski definition) is 2. The number of nitrogens with zero attached hydrogens (tertiary/aromatic N) is 4. The van der Waals surface area contributed by atoms with E-state index in [1.807, 2.05) is 29.2 Å². The third-order valence-electron chi connectivity index (χ3n) is 6.83. The fraction of sp³-hybridized carbons (Fsp3) is 0.280. The highest BCUT2D eigenvalue weighted by Gasteiger charge is 2.54. The van der Waals surface area contributed by atoms with E-state index in [2.05, 4.69) is 15.4 Å². The number of carbonyl (C=O) groups excluding carboxylic acids is 2. The Kier molecular flexibility index (Phi) is 5.06. The van der Waals surface area contributed by atoms with Crippen LogP contribution < -0.4 is 11.1 Å². The number of rotatable bonds is 5. The minimum absolute atomic E-state index is 0.130. The van der Waals surface area contributed by atoms with Gasteiger partial charge in [0.1, 0.15) is 17.2 Å². The van der Waals surface area contributed by atoms with Crippen LogP contribution in [0.4, 0.5) is 9.52 Å². The summed E-state index contributed by atoms with van der Waals surface area (Å²) >= 11 is 1.17. The number of aromatic nitrogens is 3. The molecule has 2 fully saturated rings. The first-order valence-corrected chi connectivity index (χ1v) is 12.3. The van der Waals surface area contributed by atoms with Crippen molar-refractivity contribution >= 4 is 39.2 Å². The summed E-state index contributed by atoms with van der Waals surface area (Å²) in [6, 6.07) is 13.6. The van der Waals surface area contributed by atoms with Crippen LogP contribution in [0.1, 0.15) is 33.8 Å². The molecule has 2 unspecified atom stereocenters. The SMILES string of the molecule is Cn1nc2ccccc2c1C(=O)NC[C@@H]1CC2CC2N1C(=O)c1nc(N)sc1-c1cccc(F)c1. The largest absolute Gasteiger partial charge is 0.375 e. The van der Waals surface area contributed by atoms with Crippen molar-refractivity contribution < 1.29 is 14.0 Å². The number of anilines is 1. The molecular formula is C25H23FN6O2S. The summed E-state index contributed by atoms with van der Waals surface area (Å²) in [5.41, 5.74) is 8.01. The highest BCUT2D eigenvalue weighted by Crippen LogP contribution is 2.49. The molecular weight excluding hydrogens is 467 g/mol. The Hall–Kier alpha value is -3.79. The molecule has 2 amide bonds. The van der Waals surface area contributed by atoms with Gasteiger partial charge in [0.05, 0.1) is 16.4 Å². The van der Waals surface area contributed by atoms with Gasteiger partial charge in [-0.05, 0) is 42.5 Å². The number of nitrogen functional groups attached to an aromatic ring is 1. The summed E-state index contributed by atoms with van der Waals surface area (Å²) in [7, 11) is 1.75. The number of amides is 2. The summed E-state index contributed by atoms with van der Waals surface area (Å²) in [4.78, 5) is 33.5. The molecule has 3 N–H and O–H groups in total. The molecule has 178 valence electrons. The number of nitrogens with two attached hydrogens (primary N) is 1. The van der Waals surface area contributed by atoms with Gasteiger partial charge in [-0.1, -0.05) is 41.7 Å².